The second-order valence-corrected chi connectivity index (χ2v) is 9.03. The van der Waals surface area contributed by atoms with E-state index in [4.69, 9.17) is 18.6 Å². The van der Waals surface area contributed by atoms with Gasteiger partial charge in [-0.1, -0.05) is 26.8 Å². The SMILES string of the molecule is C=CCc1oc2cc(O)c(O)cc2c(=O)c1/C(OC(=O)CC)=C(\CO)CC(CC(CO)OC(=O)CC)OC(=O)CC. The number of phenolic OH excluding ortho intramolecular Hbond substituents is 2. The van der Waals surface area contributed by atoms with Crippen LogP contribution in [0.25, 0.3) is 16.7 Å². The molecular formula is C29H36O12. The molecule has 224 valence electrons. The number of esters is 3. The molecule has 0 spiro atoms. The smallest absolute Gasteiger partial charge is 0.310 e. The van der Waals surface area contributed by atoms with Crippen molar-refractivity contribution in [2.75, 3.05) is 13.2 Å². The normalized spacial score (nSPS) is 13.2. The number of aliphatic hydroxyl groups excluding tert-OH is 2. The number of phenols is 2. The number of aromatic hydroxyl groups is 2. The number of fused-ring (bicyclic) bond motifs is 1. The molecule has 0 fully saturated rings. The topological polar surface area (TPSA) is 190 Å². The summed E-state index contributed by atoms with van der Waals surface area (Å²) in [6, 6.07) is 2.05. The Hall–Kier alpha value is -4.16. The molecule has 2 unspecified atom stereocenters. The molecule has 2 aromatic rings. The summed E-state index contributed by atoms with van der Waals surface area (Å²) >= 11 is 0. The molecule has 0 radical (unpaired) electrons. The number of benzene rings is 1. The number of aliphatic hydroxyl groups is 2. The highest BCUT2D eigenvalue weighted by Gasteiger charge is 2.29. The van der Waals surface area contributed by atoms with Crippen LogP contribution in [0, 0.1) is 0 Å². The maximum atomic E-state index is 13.7. The Labute approximate surface area is 236 Å². The number of allylic oxidation sites excluding steroid dienone is 1. The highest BCUT2D eigenvalue weighted by molar-refractivity contribution is 5.86. The van der Waals surface area contributed by atoms with Crippen molar-refractivity contribution in [2.45, 2.75) is 71.5 Å². The fraction of sp³-hybridized carbons (Fsp3) is 0.448. The van der Waals surface area contributed by atoms with Crippen LogP contribution < -0.4 is 5.43 Å². The van der Waals surface area contributed by atoms with Crippen LogP contribution in [-0.4, -0.2) is 63.8 Å². The molecule has 1 aromatic heterocycles. The summed E-state index contributed by atoms with van der Waals surface area (Å²) in [5.74, 6) is -3.43. The van der Waals surface area contributed by atoms with Gasteiger partial charge in [0, 0.05) is 50.2 Å². The van der Waals surface area contributed by atoms with Crippen molar-refractivity contribution in [3.8, 4) is 11.5 Å². The molecule has 0 saturated carbocycles. The molecule has 1 heterocycles. The number of rotatable bonds is 15. The largest absolute Gasteiger partial charge is 0.504 e. The summed E-state index contributed by atoms with van der Waals surface area (Å²) in [5.41, 5.74) is -1.07. The molecule has 12 heteroatoms. The second-order valence-electron chi connectivity index (χ2n) is 9.03. The van der Waals surface area contributed by atoms with Crippen LogP contribution in [0.4, 0.5) is 0 Å². The third-order valence-electron chi connectivity index (χ3n) is 6.01. The van der Waals surface area contributed by atoms with Gasteiger partial charge in [0.2, 0.25) is 5.43 Å². The van der Waals surface area contributed by atoms with Crippen molar-refractivity contribution in [1.29, 1.82) is 0 Å². The summed E-state index contributed by atoms with van der Waals surface area (Å²) in [7, 11) is 0. The molecule has 1 aromatic carbocycles. The van der Waals surface area contributed by atoms with E-state index in [1.165, 1.54) is 13.0 Å². The van der Waals surface area contributed by atoms with E-state index < -0.39 is 60.3 Å². The van der Waals surface area contributed by atoms with Gasteiger partial charge in [0.25, 0.3) is 0 Å². The van der Waals surface area contributed by atoms with E-state index in [1.807, 2.05) is 0 Å². The lowest BCUT2D eigenvalue weighted by atomic mass is 9.97. The molecule has 0 aliphatic rings. The monoisotopic (exact) mass is 576 g/mol. The van der Waals surface area contributed by atoms with Gasteiger partial charge in [-0.25, -0.2) is 0 Å². The van der Waals surface area contributed by atoms with E-state index in [9.17, 15) is 39.6 Å². The van der Waals surface area contributed by atoms with Crippen molar-refractivity contribution in [3.63, 3.8) is 0 Å². The molecule has 0 amide bonds. The van der Waals surface area contributed by atoms with E-state index in [-0.39, 0.29) is 72.2 Å². The zero-order valence-corrected chi connectivity index (χ0v) is 23.3. The minimum absolute atomic E-state index is 0.00102. The van der Waals surface area contributed by atoms with Gasteiger partial charge < -0.3 is 39.1 Å². The van der Waals surface area contributed by atoms with E-state index >= 15 is 0 Å². The summed E-state index contributed by atoms with van der Waals surface area (Å²) < 4.78 is 22.1. The number of hydrogen-bond donors (Lipinski definition) is 4. The maximum Gasteiger partial charge on any atom is 0.310 e. The van der Waals surface area contributed by atoms with Crippen molar-refractivity contribution in [2.24, 2.45) is 0 Å². The van der Waals surface area contributed by atoms with Crippen molar-refractivity contribution < 1.29 is 53.4 Å². The molecule has 0 aliphatic heterocycles. The second kappa shape index (κ2) is 15.6. The Morgan fingerprint density at radius 2 is 1.54 bits per heavy atom. The van der Waals surface area contributed by atoms with E-state index in [2.05, 4.69) is 6.58 Å². The van der Waals surface area contributed by atoms with Gasteiger partial charge >= 0.3 is 17.9 Å². The predicted molar refractivity (Wildman–Crippen MR) is 147 cm³/mol. The molecule has 0 bridgehead atoms. The zero-order valence-electron chi connectivity index (χ0n) is 23.3. The van der Waals surface area contributed by atoms with Crippen molar-refractivity contribution in [3.05, 3.63) is 51.9 Å². The summed E-state index contributed by atoms with van der Waals surface area (Å²) in [6.07, 6.45) is -1.21. The average molecular weight is 577 g/mol. The summed E-state index contributed by atoms with van der Waals surface area (Å²) in [4.78, 5) is 50.3. The standard InChI is InChI=1S/C29H36O12/c1-5-9-22-27(28(37)19-12-20(32)21(33)13-23(19)40-22)29(41-26(36)8-4)16(14-30)10-17(38-24(34)6-2)11-18(15-31)39-25(35)7-3/h5,12-13,17-18,30-33H,1,6-11,14-15H2,2-4H3/b29-16+. The first-order chi connectivity index (χ1) is 19.5. The first-order valence-corrected chi connectivity index (χ1v) is 13.2. The van der Waals surface area contributed by atoms with Gasteiger partial charge in [0.1, 0.15) is 34.9 Å². The fourth-order valence-corrected chi connectivity index (χ4v) is 3.92. The van der Waals surface area contributed by atoms with Gasteiger partial charge in [0.15, 0.2) is 11.5 Å². The molecular weight excluding hydrogens is 540 g/mol. The lowest BCUT2D eigenvalue weighted by Gasteiger charge is -2.24. The first-order valence-electron chi connectivity index (χ1n) is 13.2. The van der Waals surface area contributed by atoms with Crippen LogP contribution in [0.5, 0.6) is 11.5 Å². The first kappa shape index (κ1) is 33.0. The third kappa shape index (κ3) is 8.66. The third-order valence-corrected chi connectivity index (χ3v) is 6.01. The molecule has 2 atom stereocenters. The maximum absolute atomic E-state index is 13.7. The van der Waals surface area contributed by atoms with Crippen LogP contribution >= 0.6 is 0 Å². The molecule has 0 saturated heterocycles. The Morgan fingerprint density at radius 1 is 0.951 bits per heavy atom. The minimum atomic E-state index is -1.07. The molecule has 4 N–H and O–H groups in total. The van der Waals surface area contributed by atoms with Gasteiger partial charge in [-0.2, -0.15) is 0 Å². The van der Waals surface area contributed by atoms with Gasteiger partial charge in [-0.15, -0.1) is 6.58 Å². The van der Waals surface area contributed by atoms with E-state index in [0.29, 0.717) is 0 Å². The number of carbonyl (C=O) groups excluding carboxylic acids is 3. The summed E-state index contributed by atoms with van der Waals surface area (Å²) in [5, 5.41) is 39.9. The Balaban J connectivity index is 2.80. The van der Waals surface area contributed by atoms with Crippen LogP contribution in [0.1, 0.15) is 64.2 Å². The van der Waals surface area contributed by atoms with Crippen LogP contribution in [-0.2, 0) is 35.0 Å². The molecule has 0 aliphatic carbocycles. The number of carbonyl (C=O) groups is 3. The number of ether oxygens (including phenoxy) is 3. The lowest BCUT2D eigenvalue weighted by Crippen LogP contribution is -2.30. The van der Waals surface area contributed by atoms with Crippen molar-refractivity contribution in [1.82, 2.24) is 0 Å². The zero-order chi connectivity index (χ0) is 30.7. The Morgan fingerprint density at radius 3 is 2.07 bits per heavy atom. The lowest BCUT2D eigenvalue weighted by molar-refractivity contribution is -0.157. The molecule has 41 heavy (non-hydrogen) atoms. The van der Waals surface area contributed by atoms with Gasteiger partial charge in [0.05, 0.1) is 18.6 Å². The van der Waals surface area contributed by atoms with Crippen molar-refractivity contribution >= 4 is 34.6 Å². The van der Waals surface area contributed by atoms with Gasteiger partial charge in [-0.05, 0) is 6.07 Å². The van der Waals surface area contributed by atoms with E-state index in [1.54, 1.807) is 13.8 Å². The van der Waals surface area contributed by atoms with Crippen LogP contribution in [0.2, 0.25) is 0 Å². The highest BCUT2D eigenvalue weighted by Crippen LogP contribution is 2.33. The minimum Gasteiger partial charge on any atom is -0.504 e. The van der Waals surface area contributed by atoms with Crippen LogP contribution in [0.3, 0.4) is 0 Å². The quantitative estimate of drug-likeness (QED) is 0.0798. The highest BCUT2D eigenvalue weighted by atomic mass is 16.6. The van der Waals surface area contributed by atoms with E-state index in [0.717, 1.165) is 12.1 Å². The predicted octanol–water partition coefficient (Wildman–Crippen LogP) is 3.01. The Kier molecular flexibility index (Phi) is 12.6. The average Bonchev–Trinajstić information content (AvgIpc) is 2.95. The Bertz CT molecular complexity index is 1350. The van der Waals surface area contributed by atoms with Gasteiger partial charge in [-0.3, -0.25) is 19.2 Å². The number of hydrogen-bond acceptors (Lipinski definition) is 12. The molecule has 12 nitrogen and oxygen atoms in total. The molecule has 2 rings (SSSR count). The summed E-state index contributed by atoms with van der Waals surface area (Å²) in [6.45, 7) is 6.98. The van der Waals surface area contributed by atoms with Crippen LogP contribution in [0.15, 0.2) is 39.6 Å². The fourth-order valence-electron chi connectivity index (χ4n) is 3.92.